The number of benzene rings is 1. The molecule has 1 aliphatic heterocycles. The Balaban J connectivity index is 1.51. The van der Waals surface area contributed by atoms with Crippen LogP contribution in [0.25, 0.3) is 11.3 Å². The van der Waals surface area contributed by atoms with E-state index in [1.807, 2.05) is 31.2 Å². The van der Waals surface area contributed by atoms with E-state index >= 15 is 0 Å². The van der Waals surface area contributed by atoms with Crippen LogP contribution < -0.4 is 4.90 Å². The molecule has 4 rings (SSSR count). The second-order valence-electron chi connectivity index (χ2n) is 7.18. The number of hydrogen-bond acceptors (Lipinski definition) is 7. The van der Waals surface area contributed by atoms with Crippen molar-refractivity contribution in [3.8, 4) is 11.3 Å². The van der Waals surface area contributed by atoms with Crippen LogP contribution in [0.5, 0.6) is 0 Å². The summed E-state index contributed by atoms with van der Waals surface area (Å²) in [5, 5.41) is 3.78. The Morgan fingerprint density at radius 3 is 2.41 bits per heavy atom. The molecule has 0 atom stereocenters. The summed E-state index contributed by atoms with van der Waals surface area (Å²) in [6.07, 6.45) is 1.56. The van der Waals surface area contributed by atoms with E-state index < -0.39 is 10.0 Å². The van der Waals surface area contributed by atoms with Crippen molar-refractivity contribution in [1.82, 2.24) is 19.4 Å². The first kappa shape index (κ1) is 19.5. The fourth-order valence-corrected chi connectivity index (χ4v) is 5.33. The third kappa shape index (κ3) is 3.75. The third-order valence-corrected chi connectivity index (χ3v) is 7.24. The van der Waals surface area contributed by atoms with Crippen LogP contribution >= 0.6 is 0 Å². The number of sulfonamides is 1. The number of rotatable bonds is 4. The van der Waals surface area contributed by atoms with Crippen LogP contribution in [0.4, 0.5) is 5.82 Å². The van der Waals surface area contributed by atoms with Crippen LogP contribution in [0.15, 0.2) is 46.1 Å². The minimum Gasteiger partial charge on any atom is -0.360 e. The number of hydrogen-bond donors (Lipinski definition) is 0. The van der Waals surface area contributed by atoms with Crippen LogP contribution in [-0.2, 0) is 10.0 Å². The summed E-state index contributed by atoms with van der Waals surface area (Å²) < 4.78 is 32.5. The molecule has 0 N–H and O–H groups in total. The molecule has 1 fully saturated rings. The molecule has 0 saturated carbocycles. The number of aromatic nitrogens is 3. The van der Waals surface area contributed by atoms with Gasteiger partial charge < -0.3 is 9.42 Å². The number of nitrogens with zero attached hydrogens (tertiary/aromatic N) is 5. The number of piperazine rings is 1. The summed E-state index contributed by atoms with van der Waals surface area (Å²) in [5.74, 6) is 1.12. The Morgan fingerprint density at radius 2 is 1.76 bits per heavy atom. The van der Waals surface area contributed by atoms with E-state index in [4.69, 9.17) is 4.52 Å². The molecule has 152 valence electrons. The fraction of sp³-hybridized carbons (Fsp3) is 0.350. The number of aryl methyl sites for hydroxylation is 3. The summed E-state index contributed by atoms with van der Waals surface area (Å²) in [4.78, 5) is 11.0. The van der Waals surface area contributed by atoms with Crippen molar-refractivity contribution < 1.29 is 12.9 Å². The van der Waals surface area contributed by atoms with Crippen molar-refractivity contribution in [1.29, 1.82) is 0 Å². The lowest BCUT2D eigenvalue weighted by atomic mass is 10.1. The lowest BCUT2D eigenvalue weighted by Gasteiger charge is -2.34. The topological polar surface area (TPSA) is 92.4 Å². The van der Waals surface area contributed by atoms with Crippen LogP contribution in [-0.4, -0.2) is 54.0 Å². The average Bonchev–Trinajstić information content (AvgIpc) is 3.07. The molecule has 3 aromatic rings. The molecule has 8 nitrogen and oxygen atoms in total. The van der Waals surface area contributed by atoms with Gasteiger partial charge in [0.2, 0.25) is 10.0 Å². The van der Waals surface area contributed by atoms with Gasteiger partial charge in [0.05, 0.1) is 5.69 Å². The maximum absolute atomic E-state index is 13.0. The van der Waals surface area contributed by atoms with Gasteiger partial charge in [-0.25, -0.2) is 18.4 Å². The van der Waals surface area contributed by atoms with Gasteiger partial charge in [-0.05, 0) is 26.8 Å². The van der Waals surface area contributed by atoms with Crippen molar-refractivity contribution in [3.05, 3.63) is 53.7 Å². The molecule has 3 heterocycles. The first-order valence-corrected chi connectivity index (χ1v) is 10.9. The van der Waals surface area contributed by atoms with Gasteiger partial charge in [0, 0.05) is 37.8 Å². The molecule has 9 heteroatoms. The SMILES string of the molecule is Cc1cccc(-c2cc(N3CCN(S(=O)(=O)c4c(C)noc4C)CC3)ncn2)c1. The van der Waals surface area contributed by atoms with Crippen molar-refractivity contribution in [2.75, 3.05) is 31.1 Å². The van der Waals surface area contributed by atoms with Gasteiger partial charge in [0.1, 0.15) is 22.7 Å². The van der Waals surface area contributed by atoms with Crippen molar-refractivity contribution in [2.45, 2.75) is 25.7 Å². The first-order chi connectivity index (χ1) is 13.9. The maximum atomic E-state index is 13.0. The van der Waals surface area contributed by atoms with Gasteiger partial charge in [-0.15, -0.1) is 0 Å². The van der Waals surface area contributed by atoms with Crippen LogP contribution in [0.1, 0.15) is 17.0 Å². The Morgan fingerprint density at radius 1 is 1.00 bits per heavy atom. The van der Waals surface area contributed by atoms with Gasteiger partial charge in [-0.2, -0.15) is 4.31 Å². The highest BCUT2D eigenvalue weighted by Gasteiger charge is 2.33. The van der Waals surface area contributed by atoms with E-state index in [1.165, 1.54) is 9.87 Å². The van der Waals surface area contributed by atoms with Crippen LogP contribution in [0, 0.1) is 20.8 Å². The highest BCUT2D eigenvalue weighted by Crippen LogP contribution is 2.26. The first-order valence-electron chi connectivity index (χ1n) is 9.43. The zero-order chi connectivity index (χ0) is 20.6. The molecule has 1 aromatic carbocycles. The van der Waals surface area contributed by atoms with E-state index in [1.54, 1.807) is 20.2 Å². The highest BCUT2D eigenvalue weighted by molar-refractivity contribution is 7.89. The van der Waals surface area contributed by atoms with E-state index in [-0.39, 0.29) is 4.90 Å². The second kappa shape index (κ2) is 7.57. The molecule has 0 bridgehead atoms. The second-order valence-corrected chi connectivity index (χ2v) is 9.05. The standard InChI is InChI=1S/C20H23N5O3S/c1-14-5-4-6-17(11-14)18-12-19(22-13-21-18)24-7-9-25(10-8-24)29(26,27)20-15(2)23-28-16(20)3/h4-6,11-13H,7-10H2,1-3H3. The minimum absolute atomic E-state index is 0.176. The van der Waals surface area contributed by atoms with Gasteiger partial charge in [0.25, 0.3) is 0 Å². The summed E-state index contributed by atoms with van der Waals surface area (Å²) >= 11 is 0. The average molecular weight is 414 g/mol. The van der Waals surface area contributed by atoms with Gasteiger partial charge in [-0.1, -0.05) is 28.9 Å². The lowest BCUT2D eigenvalue weighted by molar-refractivity contribution is 0.378. The van der Waals surface area contributed by atoms with Crippen molar-refractivity contribution in [3.63, 3.8) is 0 Å². The smallest absolute Gasteiger partial charge is 0.248 e. The summed E-state index contributed by atoms with van der Waals surface area (Å²) in [6.45, 7) is 7.15. The van der Waals surface area contributed by atoms with Crippen LogP contribution in [0.3, 0.4) is 0 Å². The fourth-order valence-electron chi connectivity index (χ4n) is 3.61. The van der Waals surface area contributed by atoms with Gasteiger partial charge in [0.15, 0.2) is 5.76 Å². The predicted molar refractivity (Wildman–Crippen MR) is 109 cm³/mol. The maximum Gasteiger partial charge on any atom is 0.248 e. The molecule has 0 amide bonds. The molecule has 0 radical (unpaired) electrons. The van der Waals surface area contributed by atoms with E-state index in [9.17, 15) is 8.42 Å². The molecule has 0 unspecified atom stereocenters. The van der Waals surface area contributed by atoms with Gasteiger partial charge >= 0.3 is 0 Å². The highest BCUT2D eigenvalue weighted by atomic mass is 32.2. The molecule has 0 aliphatic carbocycles. The lowest BCUT2D eigenvalue weighted by Crippen LogP contribution is -2.49. The molecular formula is C20H23N5O3S. The summed E-state index contributed by atoms with van der Waals surface area (Å²) in [6, 6.07) is 10.1. The Kier molecular flexibility index (Phi) is 5.10. The molecule has 0 spiro atoms. The molecule has 29 heavy (non-hydrogen) atoms. The molecular weight excluding hydrogens is 390 g/mol. The Bertz CT molecular complexity index is 1120. The Hall–Kier alpha value is -2.78. The minimum atomic E-state index is -3.62. The zero-order valence-corrected chi connectivity index (χ0v) is 17.5. The van der Waals surface area contributed by atoms with Crippen LogP contribution in [0.2, 0.25) is 0 Å². The van der Waals surface area contributed by atoms with Crippen molar-refractivity contribution >= 4 is 15.8 Å². The summed E-state index contributed by atoms with van der Waals surface area (Å²) in [5.41, 5.74) is 3.45. The van der Waals surface area contributed by atoms with Crippen molar-refractivity contribution in [2.24, 2.45) is 0 Å². The van der Waals surface area contributed by atoms with E-state index in [0.717, 1.165) is 17.1 Å². The molecule has 1 saturated heterocycles. The summed E-state index contributed by atoms with van der Waals surface area (Å²) in [7, 11) is -3.62. The third-order valence-electron chi connectivity index (χ3n) is 5.09. The molecule has 1 aliphatic rings. The monoisotopic (exact) mass is 413 g/mol. The quantitative estimate of drug-likeness (QED) is 0.649. The zero-order valence-electron chi connectivity index (χ0n) is 16.7. The predicted octanol–water partition coefficient (Wildman–Crippen LogP) is 2.57. The van der Waals surface area contributed by atoms with Gasteiger partial charge in [-0.3, -0.25) is 0 Å². The Labute approximate surface area is 170 Å². The molecule has 2 aromatic heterocycles. The number of anilines is 1. The normalized spacial score (nSPS) is 15.6. The van der Waals surface area contributed by atoms with E-state index in [2.05, 4.69) is 26.1 Å². The van der Waals surface area contributed by atoms with E-state index in [0.29, 0.717) is 37.6 Å². The largest absolute Gasteiger partial charge is 0.360 e.